The Morgan fingerprint density at radius 1 is 0.960 bits per heavy atom. The SMILES string of the molecule is CC(C)(C)OC(=O)Nc1ccc(C(=O)C=C(O)c2ccccc2)cc1. The molecule has 0 unspecified atom stereocenters. The summed E-state index contributed by atoms with van der Waals surface area (Å²) in [6.07, 6.45) is 0.610. The monoisotopic (exact) mass is 339 g/mol. The van der Waals surface area contributed by atoms with Crippen molar-refractivity contribution >= 4 is 23.3 Å². The lowest BCUT2D eigenvalue weighted by molar-refractivity contribution is 0.0636. The van der Waals surface area contributed by atoms with E-state index in [0.29, 0.717) is 16.8 Å². The number of benzene rings is 2. The highest BCUT2D eigenvalue weighted by molar-refractivity contribution is 6.08. The largest absolute Gasteiger partial charge is 0.507 e. The Morgan fingerprint density at radius 2 is 1.56 bits per heavy atom. The van der Waals surface area contributed by atoms with Gasteiger partial charge in [-0.1, -0.05) is 30.3 Å². The summed E-state index contributed by atoms with van der Waals surface area (Å²) < 4.78 is 5.16. The van der Waals surface area contributed by atoms with Crippen LogP contribution in [0.1, 0.15) is 36.7 Å². The Bertz CT molecular complexity index is 772. The molecule has 0 spiro atoms. The van der Waals surface area contributed by atoms with E-state index < -0.39 is 11.7 Å². The highest BCUT2D eigenvalue weighted by Crippen LogP contribution is 2.16. The van der Waals surface area contributed by atoms with E-state index in [-0.39, 0.29) is 11.5 Å². The smallest absolute Gasteiger partial charge is 0.412 e. The van der Waals surface area contributed by atoms with Crippen LogP contribution in [0.15, 0.2) is 60.7 Å². The number of nitrogens with one attached hydrogen (secondary N) is 1. The molecule has 0 aliphatic heterocycles. The quantitative estimate of drug-likeness (QED) is 0.476. The minimum Gasteiger partial charge on any atom is -0.507 e. The van der Waals surface area contributed by atoms with Crippen LogP contribution in [-0.2, 0) is 4.74 Å². The molecule has 5 nitrogen and oxygen atoms in total. The van der Waals surface area contributed by atoms with Gasteiger partial charge in [-0.25, -0.2) is 4.79 Å². The lowest BCUT2D eigenvalue weighted by atomic mass is 10.1. The second kappa shape index (κ2) is 7.66. The van der Waals surface area contributed by atoms with Crippen LogP contribution < -0.4 is 5.32 Å². The molecule has 0 aliphatic rings. The topological polar surface area (TPSA) is 75.6 Å². The van der Waals surface area contributed by atoms with Crippen molar-refractivity contribution in [1.29, 1.82) is 0 Å². The van der Waals surface area contributed by atoms with Crippen molar-refractivity contribution in [3.05, 3.63) is 71.8 Å². The lowest BCUT2D eigenvalue weighted by Gasteiger charge is -2.19. The van der Waals surface area contributed by atoms with Crippen LogP contribution >= 0.6 is 0 Å². The molecule has 0 aliphatic carbocycles. The van der Waals surface area contributed by atoms with Gasteiger partial charge in [-0.15, -0.1) is 0 Å². The zero-order chi connectivity index (χ0) is 18.4. The number of amides is 1. The molecule has 0 fully saturated rings. The zero-order valence-corrected chi connectivity index (χ0v) is 14.4. The van der Waals surface area contributed by atoms with E-state index in [1.807, 2.05) is 6.07 Å². The summed E-state index contributed by atoms with van der Waals surface area (Å²) in [7, 11) is 0. The summed E-state index contributed by atoms with van der Waals surface area (Å²) in [4.78, 5) is 23.9. The van der Waals surface area contributed by atoms with Crippen LogP contribution in [0.25, 0.3) is 5.76 Å². The van der Waals surface area contributed by atoms with Crippen molar-refractivity contribution in [3.8, 4) is 0 Å². The molecule has 2 aromatic carbocycles. The standard InChI is InChI=1S/C20H21NO4/c1-20(2,3)25-19(24)21-16-11-9-15(10-12-16)18(23)13-17(22)14-7-5-4-6-8-14/h4-13,22H,1-3H3,(H,21,24). The third-order valence-corrected chi connectivity index (χ3v) is 3.15. The van der Waals surface area contributed by atoms with E-state index >= 15 is 0 Å². The normalized spacial score (nSPS) is 11.7. The number of allylic oxidation sites excluding steroid dienone is 1. The molecule has 25 heavy (non-hydrogen) atoms. The Balaban J connectivity index is 2.04. The molecule has 130 valence electrons. The molecule has 0 bridgehead atoms. The third-order valence-electron chi connectivity index (χ3n) is 3.15. The van der Waals surface area contributed by atoms with Crippen molar-refractivity contribution in [1.82, 2.24) is 0 Å². The van der Waals surface area contributed by atoms with Gasteiger partial charge in [0.2, 0.25) is 0 Å². The highest BCUT2D eigenvalue weighted by Gasteiger charge is 2.16. The first-order chi connectivity index (χ1) is 11.7. The van der Waals surface area contributed by atoms with Gasteiger partial charge < -0.3 is 9.84 Å². The Labute approximate surface area is 146 Å². The summed E-state index contributed by atoms with van der Waals surface area (Å²) in [5.41, 5.74) is 0.901. The van der Waals surface area contributed by atoms with Gasteiger partial charge in [0.15, 0.2) is 5.78 Å². The summed E-state index contributed by atoms with van der Waals surface area (Å²) >= 11 is 0. The second-order valence-electron chi connectivity index (χ2n) is 6.46. The van der Waals surface area contributed by atoms with E-state index in [2.05, 4.69) is 5.32 Å². The molecule has 0 aromatic heterocycles. The van der Waals surface area contributed by atoms with Crippen LogP contribution in [0.2, 0.25) is 0 Å². The Hall–Kier alpha value is -3.08. The summed E-state index contributed by atoms with van der Waals surface area (Å²) in [6.45, 7) is 5.33. The van der Waals surface area contributed by atoms with E-state index in [9.17, 15) is 14.7 Å². The van der Waals surface area contributed by atoms with Gasteiger partial charge in [0.1, 0.15) is 11.4 Å². The minimum atomic E-state index is -0.584. The van der Waals surface area contributed by atoms with Crippen molar-refractivity contribution in [3.63, 3.8) is 0 Å². The average molecular weight is 339 g/mol. The summed E-state index contributed by atoms with van der Waals surface area (Å²) in [6, 6.07) is 15.2. The molecule has 2 aromatic rings. The fourth-order valence-electron chi connectivity index (χ4n) is 2.04. The molecule has 0 saturated heterocycles. The van der Waals surface area contributed by atoms with Gasteiger partial charge in [-0.05, 0) is 45.0 Å². The highest BCUT2D eigenvalue weighted by atomic mass is 16.6. The summed E-state index contributed by atoms with van der Waals surface area (Å²) in [5, 5.41) is 12.6. The van der Waals surface area contributed by atoms with Gasteiger partial charge >= 0.3 is 6.09 Å². The first-order valence-electron chi connectivity index (χ1n) is 7.85. The van der Waals surface area contributed by atoms with Crippen molar-refractivity contribution in [2.75, 3.05) is 5.32 Å². The molecular weight excluding hydrogens is 318 g/mol. The molecule has 0 heterocycles. The predicted molar refractivity (Wildman–Crippen MR) is 97.7 cm³/mol. The van der Waals surface area contributed by atoms with Gasteiger partial charge in [-0.3, -0.25) is 10.1 Å². The maximum atomic E-state index is 12.2. The van der Waals surface area contributed by atoms with Crippen molar-refractivity contribution in [2.45, 2.75) is 26.4 Å². The van der Waals surface area contributed by atoms with Crippen LogP contribution in [0.4, 0.5) is 10.5 Å². The number of hydrogen-bond donors (Lipinski definition) is 2. The first kappa shape index (κ1) is 18.3. The summed E-state index contributed by atoms with van der Waals surface area (Å²) in [5.74, 6) is -0.424. The number of aliphatic hydroxyl groups is 1. The average Bonchev–Trinajstić information content (AvgIpc) is 2.54. The number of ether oxygens (including phenoxy) is 1. The Kier molecular flexibility index (Phi) is 5.60. The van der Waals surface area contributed by atoms with Crippen LogP contribution in [0.5, 0.6) is 0 Å². The van der Waals surface area contributed by atoms with E-state index in [0.717, 1.165) is 0 Å². The molecule has 5 heteroatoms. The number of carbonyl (C=O) groups excluding carboxylic acids is 2. The first-order valence-corrected chi connectivity index (χ1v) is 7.85. The molecule has 0 saturated carbocycles. The lowest BCUT2D eigenvalue weighted by Crippen LogP contribution is -2.27. The predicted octanol–water partition coefficient (Wildman–Crippen LogP) is 4.82. The van der Waals surface area contributed by atoms with Crippen LogP contribution in [0, 0.1) is 0 Å². The fourth-order valence-corrected chi connectivity index (χ4v) is 2.04. The van der Waals surface area contributed by atoms with Crippen molar-refractivity contribution < 1.29 is 19.4 Å². The van der Waals surface area contributed by atoms with E-state index in [1.54, 1.807) is 69.3 Å². The van der Waals surface area contributed by atoms with Crippen LogP contribution in [-0.4, -0.2) is 22.6 Å². The Morgan fingerprint density at radius 3 is 2.12 bits per heavy atom. The van der Waals surface area contributed by atoms with Crippen molar-refractivity contribution in [2.24, 2.45) is 0 Å². The second-order valence-corrected chi connectivity index (χ2v) is 6.46. The van der Waals surface area contributed by atoms with Gasteiger partial charge in [0.25, 0.3) is 0 Å². The molecule has 1 amide bonds. The molecule has 0 atom stereocenters. The fraction of sp³-hybridized carbons (Fsp3) is 0.200. The van der Waals surface area contributed by atoms with E-state index in [4.69, 9.17) is 4.74 Å². The van der Waals surface area contributed by atoms with Gasteiger partial charge in [0, 0.05) is 22.9 Å². The molecule has 2 rings (SSSR count). The number of ketones is 1. The maximum absolute atomic E-state index is 12.2. The van der Waals surface area contributed by atoms with E-state index in [1.165, 1.54) is 6.08 Å². The number of hydrogen-bond acceptors (Lipinski definition) is 4. The minimum absolute atomic E-state index is 0.0958. The van der Waals surface area contributed by atoms with Crippen LogP contribution in [0.3, 0.4) is 0 Å². The third kappa shape index (κ3) is 5.80. The number of rotatable bonds is 4. The maximum Gasteiger partial charge on any atom is 0.412 e. The number of aliphatic hydroxyl groups excluding tert-OH is 1. The molecule has 2 N–H and O–H groups in total. The zero-order valence-electron chi connectivity index (χ0n) is 14.4. The number of anilines is 1. The molecule has 0 radical (unpaired) electrons. The van der Waals surface area contributed by atoms with Gasteiger partial charge in [-0.2, -0.15) is 0 Å². The number of carbonyl (C=O) groups is 2. The van der Waals surface area contributed by atoms with Gasteiger partial charge in [0.05, 0.1) is 0 Å². The molecular formula is C20H21NO4.